The van der Waals surface area contributed by atoms with E-state index in [0.717, 1.165) is 12.8 Å². The molecule has 0 aliphatic rings. The molecule has 1 N–H and O–H groups in total. The molecular formula is C26H48NO2P. The van der Waals surface area contributed by atoms with Crippen LogP contribution in [0.15, 0.2) is 30.3 Å². The molecule has 1 aromatic rings. The van der Waals surface area contributed by atoms with Crippen LogP contribution in [0.3, 0.4) is 0 Å². The van der Waals surface area contributed by atoms with Crippen LogP contribution in [0.4, 0.5) is 0 Å². The lowest BCUT2D eigenvalue weighted by molar-refractivity contribution is 0.131. The third-order valence-corrected chi connectivity index (χ3v) is 7.60. The van der Waals surface area contributed by atoms with Gasteiger partial charge < -0.3 is 9.84 Å². The van der Waals surface area contributed by atoms with Crippen LogP contribution in [-0.2, 0) is 15.6 Å². The summed E-state index contributed by atoms with van der Waals surface area (Å²) in [4.78, 5) is 0. The van der Waals surface area contributed by atoms with E-state index in [1.54, 1.807) is 0 Å². The summed E-state index contributed by atoms with van der Waals surface area (Å²) in [5.74, 6) is 0.416. The highest BCUT2D eigenvalue weighted by Crippen LogP contribution is 2.52. The first-order valence-corrected chi connectivity index (χ1v) is 13.6. The maximum absolute atomic E-state index is 14.0. The van der Waals surface area contributed by atoms with Gasteiger partial charge in [-0.3, -0.25) is 4.57 Å². The smallest absolute Gasteiger partial charge is 0.217 e. The molecule has 0 amide bonds. The Morgan fingerprint density at radius 3 is 2.03 bits per heavy atom. The van der Waals surface area contributed by atoms with Crippen molar-refractivity contribution >= 4 is 7.37 Å². The van der Waals surface area contributed by atoms with Crippen molar-refractivity contribution in [2.24, 2.45) is 16.7 Å². The Bertz CT molecular complexity index is 650. The summed E-state index contributed by atoms with van der Waals surface area (Å²) >= 11 is 0. The Balaban J connectivity index is 2.87. The highest BCUT2D eigenvalue weighted by molar-refractivity contribution is 7.58. The molecule has 0 aromatic heterocycles. The van der Waals surface area contributed by atoms with Crippen molar-refractivity contribution in [2.45, 2.75) is 100 Å². The first-order chi connectivity index (χ1) is 13.6. The number of hydrogen-bond donors (Lipinski definition) is 1. The summed E-state index contributed by atoms with van der Waals surface area (Å²) in [6.07, 6.45) is 5.66. The molecule has 0 aliphatic heterocycles. The second-order valence-electron chi connectivity index (χ2n) is 12.4. The fraction of sp³-hybridized carbons (Fsp3) is 0.769. The van der Waals surface area contributed by atoms with E-state index >= 15 is 0 Å². The van der Waals surface area contributed by atoms with Crippen LogP contribution in [0.25, 0.3) is 0 Å². The summed E-state index contributed by atoms with van der Waals surface area (Å²) in [5, 5.41) is 3.43. The van der Waals surface area contributed by atoms with Crippen LogP contribution in [0.5, 0.6) is 0 Å². The van der Waals surface area contributed by atoms with Gasteiger partial charge in [-0.05, 0) is 62.3 Å². The summed E-state index contributed by atoms with van der Waals surface area (Å²) in [6.45, 7) is 20.5. The van der Waals surface area contributed by atoms with Crippen molar-refractivity contribution in [1.82, 2.24) is 5.32 Å². The molecule has 30 heavy (non-hydrogen) atoms. The molecule has 174 valence electrons. The lowest BCUT2D eigenvalue weighted by atomic mass is 9.81. The highest BCUT2D eigenvalue weighted by atomic mass is 31.2. The van der Waals surface area contributed by atoms with E-state index in [9.17, 15) is 4.57 Å². The molecule has 0 aliphatic carbocycles. The minimum Gasteiger partial charge on any atom is -0.322 e. The Labute approximate surface area is 187 Å². The zero-order chi connectivity index (χ0) is 23.1. The molecule has 1 aromatic carbocycles. The standard InChI is InChI=1S/C26H48NO2P/c1-24(2,3)17-13-16-23(18-25(4,5)6)20-30(28,29-26(7,8)9)21-27-19-22-14-11-10-12-15-22/h10-12,14-15,23,27H,13,16-21H2,1-9H3. The SMILES string of the molecule is CC(C)(C)CCCC(CC(C)(C)C)CP(=O)(CNCc1ccccc1)OC(C)(C)C. The van der Waals surface area contributed by atoms with Gasteiger partial charge in [-0.1, -0.05) is 78.3 Å². The van der Waals surface area contributed by atoms with Gasteiger partial charge >= 0.3 is 0 Å². The molecule has 0 saturated carbocycles. The Kier molecular flexibility index (Phi) is 10.3. The average molecular weight is 438 g/mol. The van der Waals surface area contributed by atoms with Gasteiger partial charge in [0.15, 0.2) is 0 Å². The zero-order valence-electron chi connectivity index (χ0n) is 21.2. The minimum absolute atomic E-state index is 0.219. The monoisotopic (exact) mass is 437 g/mol. The van der Waals surface area contributed by atoms with Gasteiger partial charge in [0.1, 0.15) is 0 Å². The van der Waals surface area contributed by atoms with E-state index in [4.69, 9.17) is 4.52 Å². The van der Waals surface area contributed by atoms with E-state index in [1.165, 1.54) is 18.4 Å². The van der Waals surface area contributed by atoms with E-state index in [-0.39, 0.29) is 5.41 Å². The lowest BCUT2D eigenvalue weighted by Gasteiger charge is -2.33. The van der Waals surface area contributed by atoms with Crippen molar-refractivity contribution in [3.05, 3.63) is 35.9 Å². The molecule has 2 atom stereocenters. The molecule has 1 rings (SSSR count). The summed E-state index contributed by atoms with van der Waals surface area (Å²) in [7, 11) is -2.81. The molecule has 0 bridgehead atoms. The molecule has 0 spiro atoms. The lowest BCUT2D eigenvalue weighted by Crippen LogP contribution is -2.27. The second-order valence-corrected chi connectivity index (χ2v) is 14.8. The van der Waals surface area contributed by atoms with Crippen molar-refractivity contribution in [3.8, 4) is 0 Å². The average Bonchev–Trinajstić information content (AvgIpc) is 2.51. The fourth-order valence-electron chi connectivity index (χ4n) is 4.04. The largest absolute Gasteiger partial charge is 0.322 e. The number of nitrogens with one attached hydrogen (secondary N) is 1. The first-order valence-electron chi connectivity index (χ1n) is 11.6. The van der Waals surface area contributed by atoms with Gasteiger partial charge in [0, 0.05) is 12.7 Å². The van der Waals surface area contributed by atoms with Gasteiger partial charge in [0.25, 0.3) is 0 Å². The summed E-state index contributed by atoms with van der Waals surface area (Å²) < 4.78 is 20.2. The summed E-state index contributed by atoms with van der Waals surface area (Å²) in [6, 6.07) is 10.3. The van der Waals surface area contributed by atoms with Crippen LogP contribution in [0, 0.1) is 16.7 Å². The van der Waals surface area contributed by atoms with Crippen molar-refractivity contribution in [3.63, 3.8) is 0 Å². The van der Waals surface area contributed by atoms with E-state index in [2.05, 4.69) is 59.0 Å². The molecule has 3 nitrogen and oxygen atoms in total. The van der Waals surface area contributed by atoms with Gasteiger partial charge in [-0.15, -0.1) is 0 Å². The van der Waals surface area contributed by atoms with Crippen LogP contribution >= 0.6 is 7.37 Å². The van der Waals surface area contributed by atoms with Crippen molar-refractivity contribution in [2.75, 3.05) is 12.4 Å². The maximum atomic E-state index is 14.0. The Hall–Kier alpha value is -0.630. The normalized spacial score (nSPS) is 16.3. The minimum atomic E-state index is -2.81. The second kappa shape index (κ2) is 11.3. The van der Waals surface area contributed by atoms with E-state index in [1.807, 2.05) is 39.0 Å². The number of rotatable bonds is 11. The maximum Gasteiger partial charge on any atom is 0.217 e. The summed E-state index contributed by atoms with van der Waals surface area (Å²) in [5.41, 5.74) is 1.35. The fourth-order valence-corrected chi connectivity index (χ4v) is 6.86. The van der Waals surface area contributed by atoms with Crippen molar-refractivity contribution < 1.29 is 9.09 Å². The molecule has 0 fully saturated rings. The van der Waals surface area contributed by atoms with E-state index in [0.29, 0.717) is 30.3 Å². The molecule has 4 heteroatoms. The Morgan fingerprint density at radius 2 is 1.53 bits per heavy atom. The van der Waals surface area contributed by atoms with Crippen LogP contribution in [0.2, 0.25) is 0 Å². The van der Waals surface area contributed by atoms with Crippen molar-refractivity contribution in [1.29, 1.82) is 0 Å². The highest BCUT2D eigenvalue weighted by Gasteiger charge is 2.33. The van der Waals surface area contributed by atoms with Crippen LogP contribution < -0.4 is 5.32 Å². The third-order valence-electron chi connectivity index (χ3n) is 4.94. The Morgan fingerprint density at radius 1 is 0.933 bits per heavy atom. The molecule has 0 radical (unpaired) electrons. The molecule has 0 saturated heterocycles. The molecular weight excluding hydrogens is 389 g/mol. The quantitative estimate of drug-likeness (QED) is 0.355. The third kappa shape index (κ3) is 13.6. The van der Waals surface area contributed by atoms with Crippen LogP contribution in [-0.4, -0.2) is 18.0 Å². The van der Waals surface area contributed by atoms with Crippen LogP contribution in [0.1, 0.15) is 93.6 Å². The number of benzene rings is 1. The van der Waals surface area contributed by atoms with Gasteiger partial charge in [0.2, 0.25) is 7.37 Å². The van der Waals surface area contributed by atoms with Gasteiger partial charge in [-0.25, -0.2) is 0 Å². The van der Waals surface area contributed by atoms with Gasteiger partial charge in [-0.2, -0.15) is 0 Å². The molecule has 0 heterocycles. The van der Waals surface area contributed by atoms with Gasteiger partial charge in [0.05, 0.1) is 11.9 Å². The predicted octanol–water partition coefficient (Wildman–Crippen LogP) is 8.10. The topological polar surface area (TPSA) is 38.3 Å². The first kappa shape index (κ1) is 27.4. The predicted molar refractivity (Wildman–Crippen MR) is 132 cm³/mol. The zero-order valence-corrected chi connectivity index (χ0v) is 22.1. The molecule has 2 unspecified atom stereocenters. The van der Waals surface area contributed by atoms with E-state index < -0.39 is 13.0 Å². The number of hydrogen-bond acceptors (Lipinski definition) is 3.